The first-order valence-electron chi connectivity index (χ1n) is 8.85. The second-order valence-corrected chi connectivity index (χ2v) is 7.94. The highest BCUT2D eigenvalue weighted by Crippen LogP contribution is 2.26. The van der Waals surface area contributed by atoms with E-state index in [4.69, 9.17) is 0 Å². The second kappa shape index (κ2) is 7.63. The van der Waals surface area contributed by atoms with Crippen LogP contribution in [0.15, 0.2) is 24.3 Å². The number of anilines is 1. The summed E-state index contributed by atoms with van der Waals surface area (Å²) in [6.07, 6.45) is 0. The predicted octanol–water partition coefficient (Wildman–Crippen LogP) is 1.64. The van der Waals surface area contributed by atoms with Crippen molar-refractivity contribution in [2.75, 3.05) is 45.1 Å². The molecule has 1 fully saturated rings. The summed E-state index contributed by atoms with van der Waals surface area (Å²) in [6, 6.07) is 7.72. The molecule has 2 aromatic heterocycles. The molecule has 4 rings (SSSR count). The van der Waals surface area contributed by atoms with Gasteiger partial charge in [-0.3, -0.25) is 9.69 Å². The molecular weight excluding hydrogens is 362 g/mol. The van der Waals surface area contributed by atoms with Crippen LogP contribution in [-0.4, -0.2) is 75.9 Å². The zero-order valence-corrected chi connectivity index (χ0v) is 16.2. The van der Waals surface area contributed by atoms with Crippen LogP contribution in [0.4, 0.5) is 5.82 Å². The monoisotopic (exact) mass is 383 g/mol. The summed E-state index contributed by atoms with van der Waals surface area (Å²) in [5.41, 5.74) is 1.76. The van der Waals surface area contributed by atoms with Crippen LogP contribution < -0.4 is 5.32 Å². The number of rotatable bonds is 4. The van der Waals surface area contributed by atoms with Crippen LogP contribution >= 0.6 is 11.3 Å². The number of nitrogens with zero attached hydrogens (tertiary/aromatic N) is 6. The van der Waals surface area contributed by atoms with E-state index in [9.17, 15) is 4.79 Å². The highest BCUT2D eigenvalue weighted by molar-refractivity contribution is 7.14. The Bertz CT molecular complexity index is 965. The first-order valence-corrected chi connectivity index (χ1v) is 9.67. The third-order valence-corrected chi connectivity index (χ3v) is 5.48. The van der Waals surface area contributed by atoms with Crippen molar-refractivity contribution in [1.82, 2.24) is 30.2 Å². The summed E-state index contributed by atoms with van der Waals surface area (Å²) in [5, 5.41) is 22.2. The molecule has 0 unspecified atom stereocenters. The quantitative estimate of drug-likeness (QED) is 0.733. The van der Waals surface area contributed by atoms with Gasteiger partial charge in [-0.15, -0.1) is 20.4 Å². The molecule has 1 N–H and O–H groups in total. The summed E-state index contributed by atoms with van der Waals surface area (Å²) < 4.78 is 0. The summed E-state index contributed by atoms with van der Waals surface area (Å²) in [6.45, 7) is 6.07. The lowest BCUT2D eigenvalue weighted by atomic mass is 10.1. The molecule has 0 saturated carbocycles. The summed E-state index contributed by atoms with van der Waals surface area (Å²) in [4.78, 5) is 16.8. The number of fused-ring (bicyclic) bond motifs is 1. The standard InChI is InChI=1S/C18H21N7OS/c1-12-20-23-18(27-12)13-3-4-15-14(9-13)10-16(22-21-15)19-17(26)11-25-7-5-24(2)6-8-25/h3-4,9-10H,5-8,11H2,1-2H3,(H,19,22,26). The Morgan fingerprint density at radius 3 is 2.67 bits per heavy atom. The smallest absolute Gasteiger partial charge is 0.239 e. The van der Waals surface area contributed by atoms with Crippen molar-refractivity contribution < 1.29 is 4.79 Å². The molecule has 1 aromatic carbocycles. The van der Waals surface area contributed by atoms with E-state index in [-0.39, 0.29) is 5.91 Å². The van der Waals surface area contributed by atoms with Gasteiger partial charge in [0.2, 0.25) is 5.91 Å². The molecule has 0 bridgehead atoms. The van der Waals surface area contributed by atoms with Crippen LogP contribution in [0.3, 0.4) is 0 Å². The number of piperazine rings is 1. The molecule has 0 spiro atoms. The summed E-state index contributed by atoms with van der Waals surface area (Å²) in [7, 11) is 2.10. The van der Waals surface area contributed by atoms with E-state index >= 15 is 0 Å². The maximum atomic E-state index is 12.3. The van der Waals surface area contributed by atoms with E-state index in [0.29, 0.717) is 12.4 Å². The van der Waals surface area contributed by atoms with E-state index in [1.54, 1.807) is 11.3 Å². The van der Waals surface area contributed by atoms with Crippen molar-refractivity contribution in [2.45, 2.75) is 6.92 Å². The highest BCUT2D eigenvalue weighted by Gasteiger charge is 2.17. The Hall–Kier alpha value is -2.49. The molecule has 3 aromatic rings. The Balaban J connectivity index is 1.48. The topological polar surface area (TPSA) is 87.1 Å². The minimum atomic E-state index is -0.0656. The third kappa shape index (κ3) is 4.26. The van der Waals surface area contributed by atoms with Crippen LogP contribution in [0.5, 0.6) is 0 Å². The normalized spacial score (nSPS) is 15.9. The number of amides is 1. The van der Waals surface area contributed by atoms with Crippen LogP contribution in [0, 0.1) is 6.92 Å². The molecule has 1 amide bonds. The molecule has 9 heteroatoms. The van der Waals surface area contributed by atoms with Gasteiger partial charge in [-0.1, -0.05) is 11.3 Å². The van der Waals surface area contributed by atoms with Crippen molar-refractivity contribution >= 4 is 34.0 Å². The summed E-state index contributed by atoms with van der Waals surface area (Å²) in [5.74, 6) is 0.399. The lowest BCUT2D eigenvalue weighted by molar-refractivity contribution is -0.117. The van der Waals surface area contributed by atoms with Crippen LogP contribution in [0.1, 0.15) is 5.01 Å². The van der Waals surface area contributed by atoms with E-state index in [1.807, 2.05) is 31.2 Å². The van der Waals surface area contributed by atoms with Crippen molar-refractivity contribution in [2.24, 2.45) is 0 Å². The van der Waals surface area contributed by atoms with Gasteiger partial charge >= 0.3 is 0 Å². The number of carbonyl (C=O) groups excluding carboxylic acids is 1. The first kappa shape index (κ1) is 17.9. The molecule has 0 radical (unpaired) electrons. The Kier molecular flexibility index (Phi) is 5.06. The summed E-state index contributed by atoms with van der Waals surface area (Å²) >= 11 is 1.55. The van der Waals surface area contributed by atoms with Crippen molar-refractivity contribution in [3.05, 3.63) is 29.3 Å². The Morgan fingerprint density at radius 2 is 1.93 bits per heavy atom. The molecule has 1 saturated heterocycles. The average molecular weight is 383 g/mol. The van der Waals surface area contributed by atoms with E-state index < -0.39 is 0 Å². The molecule has 0 aliphatic carbocycles. The number of hydrogen-bond donors (Lipinski definition) is 1. The number of carbonyl (C=O) groups is 1. The van der Waals surface area contributed by atoms with E-state index in [1.165, 1.54) is 0 Å². The van der Waals surface area contributed by atoms with Gasteiger partial charge < -0.3 is 10.2 Å². The van der Waals surface area contributed by atoms with Gasteiger partial charge in [0.25, 0.3) is 0 Å². The molecule has 140 valence electrons. The Morgan fingerprint density at radius 1 is 1.11 bits per heavy atom. The molecule has 8 nitrogen and oxygen atoms in total. The van der Waals surface area contributed by atoms with Gasteiger partial charge in [0.1, 0.15) is 10.0 Å². The van der Waals surface area contributed by atoms with Gasteiger partial charge in [0.05, 0.1) is 12.1 Å². The molecule has 1 aliphatic heterocycles. The van der Waals surface area contributed by atoms with Crippen molar-refractivity contribution in [1.29, 1.82) is 0 Å². The van der Waals surface area contributed by atoms with Gasteiger partial charge in [-0.05, 0) is 38.2 Å². The number of aromatic nitrogens is 4. The predicted molar refractivity (Wildman–Crippen MR) is 106 cm³/mol. The SMILES string of the molecule is Cc1nnc(-c2ccc3nnc(NC(=O)CN4CCN(C)CC4)cc3c2)s1. The van der Waals surface area contributed by atoms with Gasteiger partial charge in [0.15, 0.2) is 5.82 Å². The molecule has 1 aliphatic rings. The zero-order chi connectivity index (χ0) is 18.8. The molecule has 3 heterocycles. The van der Waals surface area contributed by atoms with Crippen molar-refractivity contribution in [3.63, 3.8) is 0 Å². The number of nitrogens with one attached hydrogen (secondary N) is 1. The number of hydrogen-bond acceptors (Lipinski definition) is 8. The van der Waals surface area contributed by atoms with Crippen LogP contribution in [0.2, 0.25) is 0 Å². The number of benzene rings is 1. The van der Waals surface area contributed by atoms with E-state index in [2.05, 4.69) is 42.6 Å². The second-order valence-electron chi connectivity index (χ2n) is 6.76. The van der Waals surface area contributed by atoms with Gasteiger partial charge in [0, 0.05) is 37.1 Å². The fourth-order valence-electron chi connectivity index (χ4n) is 3.04. The zero-order valence-electron chi connectivity index (χ0n) is 15.3. The molecule has 27 heavy (non-hydrogen) atoms. The Labute approximate surface area is 161 Å². The maximum Gasteiger partial charge on any atom is 0.239 e. The molecular formula is C18H21N7OS. The number of aryl methyl sites for hydroxylation is 1. The minimum Gasteiger partial charge on any atom is -0.308 e. The van der Waals surface area contributed by atoms with Crippen LogP contribution in [-0.2, 0) is 4.79 Å². The lowest BCUT2D eigenvalue weighted by Gasteiger charge is -2.31. The third-order valence-electron chi connectivity index (χ3n) is 4.59. The molecule has 0 atom stereocenters. The minimum absolute atomic E-state index is 0.0656. The fourth-order valence-corrected chi connectivity index (χ4v) is 3.73. The number of likely N-dealkylation sites (N-methyl/N-ethyl adjacent to an activating group) is 1. The van der Waals surface area contributed by atoms with E-state index in [0.717, 1.165) is 52.7 Å². The first-order chi connectivity index (χ1) is 13.1. The fraction of sp³-hybridized carbons (Fsp3) is 0.389. The van der Waals surface area contributed by atoms with Crippen molar-refractivity contribution in [3.8, 4) is 10.6 Å². The van der Waals surface area contributed by atoms with Gasteiger partial charge in [-0.25, -0.2) is 0 Å². The lowest BCUT2D eigenvalue weighted by Crippen LogP contribution is -2.47. The average Bonchev–Trinajstić information content (AvgIpc) is 3.09. The van der Waals surface area contributed by atoms with Crippen LogP contribution in [0.25, 0.3) is 21.5 Å². The van der Waals surface area contributed by atoms with Gasteiger partial charge in [-0.2, -0.15) is 0 Å². The maximum absolute atomic E-state index is 12.3. The largest absolute Gasteiger partial charge is 0.308 e. The highest BCUT2D eigenvalue weighted by atomic mass is 32.1.